The third-order valence-electron chi connectivity index (χ3n) is 3.90. The number of anilines is 2. The maximum absolute atomic E-state index is 13.5. The number of nitrogen functional groups attached to an aromatic ring is 1. The minimum Gasteiger partial charge on any atom is -0.432 e. The van der Waals surface area contributed by atoms with E-state index in [1.165, 1.54) is 31.7 Å². The second kappa shape index (κ2) is 5.07. The molecule has 0 aliphatic heterocycles. The molecule has 6 heteroatoms. The Morgan fingerprint density at radius 1 is 1.15 bits per heavy atom. The molecule has 0 spiro atoms. The Labute approximate surface area is 115 Å². The molecule has 0 saturated heterocycles. The van der Waals surface area contributed by atoms with Crippen LogP contribution in [0.25, 0.3) is 0 Å². The second-order valence-corrected chi connectivity index (χ2v) is 5.59. The van der Waals surface area contributed by atoms with Gasteiger partial charge in [-0.25, -0.2) is 4.39 Å². The van der Waals surface area contributed by atoms with Crippen LogP contribution in [-0.2, 0) is 0 Å². The standard InChI is InChI=1S/C14H17F3N2O/c15-9-5-10(18)11(6-12(9)20-14(16)17)19-13(7-1-2-7)8-3-4-8/h5-8,13-14,19H,1-4,18H2. The fourth-order valence-electron chi connectivity index (χ4n) is 2.59. The van der Waals surface area contributed by atoms with Gasteiger partial charge in [-0.1, -0.05) is 0 Å². The summed E-state index contributed by atoms with van der Waals surface area (Å²) in [6.07, 6.45) is 4.70. The molecule has 1 aromatic carbocycles. The molecule has 2 fully saturated rings. The number of benzene rings is 1. The highest BCUT2D eigenvalue weighted by Crippen LogP contribution is 2.46. The highest BCUT2D eigenvalue weighted by Gasteiger charge is 2.41. The number of ether oxygens (including phenoxy) is 1. The Balaban J connectivity index is 1.80. The zero-order valence-corrected chi connectivity index (χ0v) is 10.9. The van der Waals surface area contributed by atoms with Crippen molar-refractivity contribution in [1.82, 2.24) is 0 Å². The predicted molar refractivity (Wildman–Crippen MR) is 70.3 cm³/mol. The predicted octanol–water partition coefficient (Wildman–Crippen LogP) is 3.61. The van der Waals surface area contributed by atoms with Gasteiger partial charge >= 0.3 is 6.61 Å². The van der Waals surface area contributed by atoms with E-state index in [0.717, 1.165) is 6.07 Å². The number of hydrogen-bond acceptors (Lipinski definition) is 3. The zero-order valence-electron chi connectivity index (χ0n) is 10.9. The third-order valence-corrected chi connectivity index (χ3v) is 3.90. The average molecular weight is 286 g/mol. The number of hydrogen-bond donors (Lipinski definition) is 2. The molecule has 2 saturated carbocycles. The first-order valence-electron chi connectivity index (χ1n) is 6.85. The van der Waals surface area contributed by atoms with Gasteiger partial charge in [0, 0.05) is 18.2 Å². The van der Waals surface area contributed by atoms with Gasteiger partial charge in [-0.3, -0.25) is 0 Å². The van der Waals surface area contributed by atoms with Crippen LogP contribution in [0.4, 0.5) is 24.5 Å². The molecule has 0 aromatic heterocycles. The van der Waals surface area contributed by atoms with Gasteiger partial charge in [0.25, 0.3) is 0 Å². The summed E-state index contributed by atoms with van der Waals surface area (Å²) < 4.78 is 42.1. The molecule has 0 unspecified atom stereocenters. The molecule has 3 N–H and O–H groups in total. The summed E-state index contributed by atoms with van der Waals surface area (Å²) in [5.74, 6) is -0.109. The first-order valence-corrected chi connectivity index (χ1v) is 6.85. The van der Waals surface area contributed by atoms with Crippen LogP contribution in [0, 0.1) is 17.7 Å². The van der Waals surface area contributed by atoms with E-state index < -0.39 is 18.2 Å². The van der Waals surface area contributed by atoms with E-state index in [0.29, 0.717) is 23.6 Å². The van der Waals surface area contributed by atoms with Crippen molar-refractivity contribution in [2.75, 3.05) is 11.1 Å². The largest absolute Gasteiger partial charge is 0.432 e. The van der Waals surface area contributed by atoms with Crippen molar-refractivity contribution in [2.24, 2.45) is 11.8 Å². The molecule has 0 bridgehead atoms. The van der Waals surface area contributed by atoms with Crippen LogP contribution in [0.3, 0.4) is 0 Å². The van der Waals surface area contributed by atoms with E-state index in [1.54, 1.807) is 0 Å². The Hall–Kier alpha value is -1.59. The molecular formula is C14H17F3N2O. The first kappa shape index (κ1) is 13.4. The van der Waals surface area contributed by atoms with Gasteiger partial charge in [0.1, 0.15) is 0 Å². The van der Waals surface area contributed by atoms with Crippen LogP contribution < -0.4 is 15.8 Å². The maximum atomic E-state index is 13.5. The fraction of sp³-hybridized carbons (Fsp3) is 0.571. The highest BCUT2D eigenvalue weighted by molar-refractivity contribution is 5.69. The maximum Gasteiger partial charge on any atom is 0.387 e. The zero-order chi connectivity index (χ0) is 14.3. The summed E-state index contributed by atoms with van der Waals surface area (Å²) in [6, 6.07) is 2.56. The monoisotopic (exact) mass is 286 g/mol. The van der Waals surface area contributed by atoms with E-state index in [4.69, 9.17) is 5.73 Å². The van der Waals surface area contributed by atoms with Gasteiger partial charge in [0.2, 0.25) is 0 Å². The third kappa shape index (κ3) is 2.94. The Morgan fingerprint density at radius 2 is 1.75 bits per heavy atom. The van der Waals surface area contributed by atoms with Crippen LogP contribution in [0.1, 0.15) is 25.7 Å². The fourth-order valence-corrected chi connectivity index (χ4v) is 2.59. The summed E-state index contributed by atoms with van der Waals surface area (Å²) in [6.45, 7) is -3.05. The molecule has 0 amide bonds. The highest BCUT2D eigenvalue weighted by atomic mass is 19.3. The van der Waals surface area contributed by atoms with E-state index >= 15 is 0 Å². The van der Waals surface area contributed by atoms with Crippen LogP contribution >= 0.6 is 0 Å². The Kier molecular flexibility index (Phi) is 3.40. The molecule has 0 atom stereocenters. The number of halogens is 3. The molecule has 3 nitrogen and oxygen atoms in total. The average Bonchev–Trinajstić information content (AvgIpc) is 3.25. The van der Waals surface area contributed by atoms with Crippen molar-refractivity contribution in [3.63, 3.8) is 0 Å². The summed E-state index contributed by atoms with van der Waals surface area (Å²) in [5.41, 5.74) is 6.46. The lowest BCUT2D eigenvalue weighted by Gasteiger charge is -2.21. The van der Waals surface area contributed by atoms with Gasteiger partial charge < -0.3 is 15.8 Å². The second-order valence-electron chi connectivity index (χ2n) is 5.59. The topological polar surface area (TPSA) is 47.3 Å². The SMILES string of the molecule is Nc1cc(F)c(OC(F)F)cc1NC(C1CC1)C1CC1. The first-order chi connectivity index (χ1) is 9.54. The van der Waals surface area contributed by atoms with E-state index in [2.05, 4.69) is 10.1 Å². The Morgan fingerprint density at radius 3 is 2.25 bits per heavy atom. The number of rotatable bonds is 6. The van der Waals surface area contributed by atoms with Crippen molar-refractivity contribution in [3.05, 3.63) is 17.9 Å². The molecular weight excluding hydrogens is 269 g/mol. The molecule has 2 aliphatic carbocycles. The summed E-state index contributed by atoms with van der Waals surface area (Å²) in [4.78, 5) is 0. The molecule has 3 rings (SSSR count). The molecule has 2 aliphatic rings. The minimum atomic E-state index is -3.05. The van der Waals surface area contributed by atoms with Crippen LogP contribution in [0.15, 0.2) is 12.1 Å². The lowest BCUT2D eigenvalue weighted by atomic mass is 10.1. The van der Waals surface area contributed by atoms with Crippen LogP contribution in [0.5, 0.6) is 5.75 Å². The van der Waals surface area contributed by atoms with Gasteiger partial charge in [0.05, 0.1) is 11.4 Å². The van der Waals surface area contributed by atoms with Gasteiger partial charge in [-0.2, -0.15) is 8.78 Å². The lowest BCUT2D eigenvalue weighted by Crippen LogP contribution is -2.25. The lowest BCUT2D eigenvalue weighted by molar-refractivity contribution is -0.0521. The number of nitrogens with two attached hydrogens (primary N) is 1. The molecule has 1 aromatic rings. The summed E-state index contributed by atoms with van der Waals surface area (Å²) in [7, 11) is 0. The van der Waals surface area contributed by atoms with E-state index in [-0.39, 0.29) is 5.69 Å². The van der Waals surface area contributed by atoms with Crippen molar-refractivity contribution in [2.45, 2.75) is 38.3 Å². The smallest absolute Gasteiger partial charge is 0.387 e. The van der Waals surface area contributed by atoms with Crippen LogP contribution in [0.2, 0.25) is 0 Å². The van der Waals surface area contributed by atoms with Crippen molar-refractivity contribution < 1.29 is 17.9 Å². The Bertz CT molecular complexity index is 489. The quantitative estimate of drug-likeness (QED) is 0.785. The summed E-state index contributed by atoms with van der Waals surface area (Å²) in [5, 5.41) is 3.30. The minimum absolute atomic E-state index is 0.218. The van der Waals surface area contributed by atoms with Crippen molar-refractivity contribution in [1.29, 1.82) is 0 Å². The number of alkyl halides is 2. The van der Waals surface area contributed by atoms with Crippen molar-refractivity contribution >= 4 is 11.4 Å². The summed E-state index contributed by atoms with van der Waals surface area (Å²) >= 11 is 0. The molecule has 110 valence electrons. The molecule has 20 heavy (non-hydrogen) atoms. The van der Waals surface area contributed by atoms with E-state index in [9.17, 15) is 13.2 Å². The van der Waals surface area contributed by atoms with E-state index in [1.807, 2.05) is 0 Å². The number of nitrogens with one attached hydrogen (secondary N) is 1. The van der Waals surface area contributed by atoms with Crippen molar-refractivity contribution in [3.8, 4) is 5.75 Å². The normalized spacial score (nSPS) is 18.6. The van der Waals surface area contributed by atoms with Gasteiger partial charge in [-0.15, -0.1) is 0 Å². The molecule has 0 radical (unpaired) electrons. The van der Waals surface area contributed by atoms with Crippen LogP contribution in [-0.4, -0.2) is 12.7 Å². The molecule has 0 heterocycles. The van der Waals surface area contributed by atoms with Gasteiger partial charge in [0.15, 0.2) is 11.6 Å². The van der Waals surface area contributed by atoms with Gasteiger partial charge in [-0.05, 0) is 37.5 Å².